The molecule has 0 aliphatic carbocycles. The molecule has 0 fully saturated rings. The summed E-state index contributed by atoms with van der Waals surface area (Å²) in [5, 5.41) is 0. The highest BCUT2D eigenvalue weighted by Gasteiger charge is 2.03. The van der Waals surface area contributed by atoms with Crippen LogP contribution >= 0.6 is 15.9 Å². The Labute approximate surface area is 60.9 Å². The van der Waals surface area contributed by atoms with Crippen molar-refractivity contribution in [2.45, 2.75) is 24.5 Å². The third kappa shape index (κ3) is 2.56. The number of halogens is 1. The highest BCUT2D eigenvalue weighted by molar-refractivity contribution is 9.09. The summed E-state index contributed by atoms with van der Waals surface area (Å²) in [6.07, 6.45) is 0. The molecule has 0 nitrogen and oxygen atoms in total. The summed E-state index contributed by atoms with van der Waals surface area (Å²) in [5.74, 6) is 0.101. The van der Waals surface area contributed by atoms with E-state index < -0.39 is 0 Å². The monoisotopic (exact) mass is 172 g/mol. The van der Waals surface area contributed by atoms with Gasteiger partial charge in [-0.2, -0.15) is 0 Å². The molecule has 0 aromatic carbocycles. The number of hydrogen-bond acceptors (Lipinski definition) is 0. The van der Waals surface area contributed by atoms with Gasteiger partial charge < -0.3 is 0 Å². The molecule has 0 bridgehead atoms. The van der Waals surface area contributed by atoms with Crippen LogP contribution in [0.4, 0.5) is 0 Å². The van der Waals surface area contributed by atoms with Crippen LogP contribution in [0.1, 0.15) is 13.8 Å². The molecule has 0 spiro atoms. The van der Waals surface area contributed by atoms with Gasteiger partial charge in [-0.25, -0.2) is 0 Å². The summed E-state index contributed by atoms with van der Waals surface area (Å²) in [7, 11) is 5.51. The van der Waals surface area contributed by atoms with Gasteiger partial charge in [0.15, 0.2) is 0 Å². The molecule has 2 atom stereocenters. The predicted molar refractivity (Wildman–Crippen MR) is 42.7 cm³/mol. The molecule has 44 valence electrons. The van der Waals surface area contributed by atoms with E-state index in [2.05, 4.69) is 22.5 Å². The van der Waals surface area contributed by atoms with Gasteiger partial charge in [0.25, 0.3) is 0 Å². The first kappa shape index (κ1) is 8.28. The Morgan fingerprint density at radius 3 is 2.00 bits per heavy atom. The molecular weight excluding hydrogens is 163 g/mol. The van der Waals surface area contributed by atoms with Crippen molar-refractivity contribution < 1.29 is 0 Å². The average Bonchev–Trinajstić information content (AvgIpc) is 1.64. The Kier molecular flexibility index (Phi) is 3.46. The van der Waals surface area contributed by atoms with Gasteiger partial charge in [-0.15, -0.1) is 0 Å². The third-order valence-corrected chi connectivity index (χ3v) is 1.68. The molecule has 0 amide bonds. The molecule has 2 unspecified atom stereocenters. The minimum absolute atomic E-state index is 0.101. The van der Waals surface area contributed by atoms with E-state index in [4.69, 9.17) is 7.85 Å². The van der Waals surface area contributed by atoms with Gasteiger partial charge >= 0.3 is 0 Å². The van der Waals surface area contributed by atoms with Crippen LogP contribution in [0.5, 0.6) is 0 Å². The minimum Gasteiger partial charge on any atom is -0.0992 e. The Morgan fingerprint density at radius 2 is 2.00 bits per heavy atom. The molecule has 0 aromatic heterocycles. The van der Waals surface area contributed by atoms with Crippen molar-refractivity contribution in [1.82, 2.24) is 0 Å². The van der Waals surface area contributed by atoms with Crippen LogP contribution in [0, 0.1) is 0 Å². The van der Waals surface area contributed by atoms with Gasteiger partial charge in [0.1, 0.15) is 0 Å². The summed E-state index contributed by atoms with van der Waals surface area (Å²) in [4.78, 5) is 0.336. The molecule has 0 aromatic rings. The van der Waals surface area contributed by atoms with Crippen molar-refractivity contribution in [2.24, 2.45) is 0 Å². The first-order valence-electron chi connectivity index (χ1n) is 2.64. The van der Waals surface area contributed by atoms with Gasteiger partial charge in [-0.3, -0.25) is 0 Å². The molecule has 2 heteroatoms. The predicted octanol–water partition coefficient (Wildman–Crippen LogP) is 2.30. The second kappa shape index (κ2) is 3.34. The molecule has 0 saturated heterocycles. The molecule has 0 heterocycles. The summed E-state index contributed by atoms with van der Waals surface area (Å²) in [5.41, 5.74) is 1.05. The van der Waals surface area contributed by atoms with E-state index >= 15 is 0 Å². The lowest BCUT2D eigenvalue weighted by atomic mass is 9.82. The Hall–Kier alpha value is 0.285. The maximum Gasteiger partial charge on any atom is 0.0755 e. The van der Waals surface area contributed by atoms with Crippen LogP contribution in [-0.2, 0) is 0 Å². The maximum atomic E-state index is 5.51. The quantitative estimate of drug-likeness (QED) is 0.341. The molecule has 0 aliphatic heterocycles. The first-order chi connectivity index (χ1) is 3.55. The van der Waals surface area contributed by atoms with Crippen molar-refractivity contribution in [2.75, 3.05) is 0 Å². The zero-order valence-electron chi connectivity index (χ0n) is 5.32. The van der Waals surface area contributed by atoms with Crippen LogP contribution in [-0.4, -0.2) is 12.7 Å². The molecular formula is C6H10BBr. The molecule has 2 radical (unpaired) electrons. The van der Waals surface area contributed by atoms with Crippen LogP contribution in [0.2, 0.25) is 5.82 Å². The summed E-state index contributed by atoms with van der Waals surface area (Å²) in [6.45, 7) is 7.73. The Balaban J connectivity index is 3.65. The minimum atomic E-state index is 0.101. The van der Waals surface area contributed by atoms with Crippen LogP contribution in [0.15, 0.2) is 12.2 Å². The fourth-order valence-electron chi connectivity index (χ4n) is 0.362. The van der Waals surface area contributed by atoms with Crippen molar-refractivity contribution in [3.05, 3.63) is 12.2 Å². The maximum absolute atomic E-state index is 5.51. The van der Waals surface area contributed by atoms with E-state index in [0.29, 0.717) is 4.83 Å². The zero-order chi connectivity index (χ0) is 6.73. The summed E-state index contributed by atoms with van der Waals surface area (Å²) < 4.78 is 0. The number of hydrogen-bond donors (Lipinski definition) is 0. The SMILES string of the molecule is [B]C(C)C(=C)C(C)Br. The Morgan fingerprint density at radius 1 is 1.62 bits per heavy atom. The van der Waals surface area contributed by atoms with Crippen molar-refractivity contribution in [1.29, 1.82) is 0 Å². The van der Waals surface area contributed by atoms with E-state index in [0.717, 1.165) is 5.57 Å². The fourth-order valence-corrected chi connectivity index (χ4v) is 0.779. The normalized spacial score (nSPS) is 17.4. The third-order valence-electron chi connectivity index (χ3n) is 1.10. The van der Waals surface area contributed by atoms with E-state index in [-0.39, 0.29) is 5.82 Å². The van der Waals surface area contributed by atoms with Gasteiger partial charge in [0, 0.05) is 4.83 Å². The number of rotatable bonds is 2. The second-order valence-electron chi connectivity index (χ2n) is 1.98. The lowest BCUT2D eigenvalue weighted by Crippen LogP contribution is -1.99. The second-order valence-corrected chi connectivity index (χ2v) is 3.35. The molecule has 0 rings (SSSR count). The molecule has 0 aliphatic rings. The zero-order valence-corrected chi connectivity index (χ0v) is 6.90. The molecule has 0 N–H and O–H groups in total. The highest BCUT2D eigenvalue weighted by Crippen LogP contribution is 2.19. The molecule has 0 saturated carbocycles. The lowest BCUT2D eigenvalue weighted by Gasteiger charge is -2.10. The smallest absolute Gasteiger partial charge is 0.0755 e. The van der Waals surface area contributed by atoms with Gasteiger partial charge in [0.2, 0.25) is 0 Å². The average molecular weight is 173 g/mol. The van der Waals surface area contributed by atoms with Crippen LogP contribution < -0.4 is 0 Å². The Bertz CT molecular complexity index is 76.5. The topological polar surface area (TPSA) is 0 Å². The summed E-state index contributed by atoms with van der Waals surface area (Å²) in [6, 6.07) is 0. The molecule has 8 heavy (non-hydrogen) atoms. The van der Waals surface area contributed by atoms with E-state index in [9.17, 15) is 0 Å². The van der Waals surface area contributed by atoms with E-state index in [1.54, 1.807) is 0 Å². The van der Waals surface area contributed by atoms with E-state index in [1.807, 2.05) is 13.8 Å². The van der Waals surface area contributed by atoms with Crippen molar-refractivity contribution in [3.63, 3.8) is 0 Å². The van der Waals surface area contributed by atoms with Crippen molar-refractivity contribution in [3.8, 4) is 0 Å². The van der Waals surface area contributed by atoms with Crippen LogP contribution in [0.3, 0.4) is 0 Å². The van der Waals surface area contributed by atoms with E-state index in [1.165, 1.54) is 0 Å². The first-order valence-corrected chi connectivity index (χ1v) is 3.55. The van der Waals surface area contributed by atoms with Gasteiger partial charge in [-0.05, 0) is 6.92 Å². The lowest BCUT2D eigenvalue weighted by molar-refractivity contribution is 1.01. The standard InChI is InChI=1S/C6H10BBr/c1-4(5(2)7)6(3)8/h5-6H,1H2,2-3H3. The summed E-state index contributed by atoms with van der Waals surface area (Å²) >= 11 is 3.36. The number of allylic oxidation sites excluding steroid dienone is 1. The number of alkyl halides is 1. The highest BCUT2D eigenvalue weighted by atomic mass is 79.9. The fraction of sp³-hybridized carbons (Fsp3) is 0.667. The van der Waals surface area contributed by atoms with Gasteiger partial charge in [0.05, 0.1) is 7.85 Å². The van der Waals surface area contributed by atoms with Crippen LogP contribution in [0.25, 0.3) is 0 Å². The largest absolute Gasteiger partial charge is 0.0992 e. The van der Waals surface area contributed by atoms with Crippen molar-refractivity contribution >= 4 is 23.8 Å². The van der Waals surface area contributed by atoms with Gasteiger partial charge in [-0.1, -0.05) is 40.8 Å².